The van der Waals surface area contributed by atoms with E-state index >= 15 is 0 Å². The molecular formula is C21H21ClN4O4S. The Labute approximate surface area is 185 Å². The summed E-state index contributed by atoms with van der Waals surface area (Å²) in [7, 11) is -3.85. The van der Waals surface area contributed by atoms with Gasteiger partial charge in [0.2, 0.25) is 10.0 Å². The first-order valence-electron chi connectivity index (χ1n) is 9.66. The Balaban J connectivity index is 1.46. The van der Waals surface area contributed by atoms with Crippen molar-refractivity contribution >= 4 is 27.5 Å². The van der Waals surface area contributed by atoms with Gasteiger partial charge in [0, 0.05) is 32.4 Å². The van der Waals surface area contributed by atoms with Crippen LogP contribution in [0.1, 0.15) is 15.9 Å². The maximum Gasteiger partial charge on any atom is 0.257 e. The largest absolute Gasteiger partial charge is 0.507 e. The van der Waals surface area contributed by atoms with Crippen LogP contribution in [0.5, 0.6) is 5.75 Å². The molecule has 0 spiro atoms. The van der Waals surface area contributed by atoms with Crippen LogP contribution < -0.4 is 0 Å². The van der Waals surface area contributed by atoms with Crippen LogP contribution in [0.2, 0.25) is 5.02 Å². The second-order valence-corrected chi connectivity index (χ2v) is 9.61. The van der Waals surface area contributed by atoms with E-state index in [1.807, 2.05) is 12.1 Å². The SMILES string of the molecule is Cc1ccc(O)c(S(=O)(=O)N2CCN(C(=O)c3cnn(-c4ccccc4Cl)c3)CC2)c1. The molecule has 1 N–H and O–H groups in total. The van der Waals surface area contributed by atoms with Gasteiger partial charge in [-0.1, -0.05) is 29.8 Å². The van der Waals surface area contributed by atoms with Gasteiger partial charge in [0.05, 0.1) is 22.5 Å². The molecular weight excluding hydrogens is 440 g/mol. The molecule has 3 aromatic rings. The quantitative estimate of drug-likeness (QED) is 0.645. The van der Waals surface area contributed by atoms with E-state index in [0.29, 0.717) is 16.3 Å². The molecule has 0 unspecified atom stereocenters. The van der Waals surface area contributed by atoms with Crippen LogP contribution in [0.4, 0.5) is 0 Å². The van der Waals surface area contributed by atoms with Gasteiger partial charge in [-0.2, -0.15) is 9.40 Å². The van der Waals surface area contributed by atoms with E-state index in [9.17, 15) is 18.3 Å². The fourth-order valence-electron chi connectivity index (χ4n) is 3.48. The highest BCUT2D eigenvalue weighted by Crippen LogP contribution is 2.27. The molecule has 1 amide bonds. The summed E-state index contributed by atoms with van der Waals surface area (Å²) in [5, 5.41) is 14.8. The molecule has 10 heteroatoms. The zero-order valence-electron chi connectivity index (χ0n) is 16.8. The number of aryl methyl sites for hydroxylation is 1. The summed E-state index contributed by atoms with van der Waals surface area (Å²) in [6, 6.07) is 11.7. The monoisotopic (exact) mass is 460 g/mol. The van der Waals surface area contributed by atoms with Crippen LogP contribution in [0.15, 0.2) is 59.8 Å². The second kappa shape index (κ2) is 8.33. The molecule has 0 saturated carbocycles. The summed E-state index contributed by atoms with van der Waals surface area (Å²) in [4.78, 5) is 14.4. The number of carbonyl (C=O) groups is 1. The van der Waals surface area contributed by atoms with Crippen LogP contribution in [-0.2, 0) is 10.0 Å². The van der Waals surface area contributed by atoms with Crippen LogP contribution in [-0.4, -0.2) is 64.6 Å². The molecule has 1 saturated heterocycles. The van der Waals surface area contributed by atoms with Gasteiger partial charge in [0.15, 0.2) is 0 Å². The van der Waals surface area contributed by atoms with E-state index in [2.05, 4.69) is 5.10 Å². The Morgan fingerprint density at radius 3 is 2.52 bits per heavy atom. The number of phenols is 1. The topological polar surface area (TPSA) is 95.7 Å². The number of nitrogens with zero attached hydrogens (tertiary/aromatic N) is 4. The Morgan fingerprint density at radius 1 is 1.10 bits per heavy atom. The molecule has 1 fully saturated rings. The number of benzene rings is 2. The summed E-state index contributed by atoms with van der Waals surface area (Å²) >= 11 is 6.19. The van der Waals surface area contributed by atoms with E-state index in [1.54, 1.807) is 36.2 Å². The lowest BCUT2D eigenvalue weighted by Gasteiger charge is -2.34. The molecule has 1 aliphatic rings. The smallest absolute Gasteiger partial charge is 0.257 e. The Bertz CT molecular complexity index is 1230. The molecule has 0 bridgehead atoms. The molecule has 0 aliphatic carbocycles. The number of hydrogen-bond donors (Lipinski definition) is 1. The number of sulfonamides is 1. The number of halogens is 1. The standard InChI is InChI=1S/C21H21ClN4O4S/c1-15-6-7-19(27)20(12-15)31(29,30)25-10-8-24(9-11-25)21(28)16-13-23-26(14-16)18-5-3-2-4-17(18)22/h2-7,12-14,27H,8-11H2,1H3. The number of phenolic OH excluding ortho intramolecular Hbond substituents is 1. The first-order chi connectivity index (χ1) is 14.8. The molecule has 2 heterocycles. The zero-order valence-corrected chi connectivity index (χ0v) is 18.3. The van der Waals surface area contributed by atoms with Crippen molar-refractivity contribution in [3.63, 3.8) is 0 Å². The number of aromatic hydroxyl groups is 1. The van der Waals surface area contributed by atoms with Crippen molar-refractivity contribution in [2.24, 2.45) is 0 Å². The van der Waals surface area contributed by atoms with Crippen molar-refractivity contribution in [1.82, 2.24) is 19.0 Å². The molecule has 162 valence electrons. The van der Waals surface area contributed by atoms with E-state index in [-0.39, 0.29) is 42.7 Å². The van der Waals surface area contributed by atoms with Crippen molar-refractivity contribution in [3.8, 4) is 11.4 Å². The van der Waals surface area contributed by atoms with Crippen molar-refractivity contribution in [2.75, 3.05) is 26.2 Å². The number of carbonyl (C=O) groups excluding carboxylic acids is 1. The first kappa shape index (κ1) is 21.4. The predicted octanol–water partition coefficient (Wildman–Crippen LogP) is 2.69. The van der Waals surface area contributed by atoms with Gasteiger partial charge in [-0.05, 0) is 36.8 Å². The highest BCUT2D eigenvalue weighted by atomic mass is 35.5. The summed E-state index contributed by atoms with van der Waals surface area (Å²) in [5.41, 5.74) is 1.80. The number of rotatable bonds is 4. The average Bonchev–Trinajstić information content (AvgIpc) is 3.25. The van der Waals surface area contributed by atoms with Gasteiger partial charge in [-0.15, -0.1) is 0 Å². The normalized spacial score (nSPS) is 15.2. The predicted molar refractivity (Wildman–Crippen MR) is 116 cm³/mol. The fraction of sp³-hybridized carbons (Fsp3) is 0.238. The molecule has 4 rings (SSSR count). The van der Waals surface area contributed by atoms with Crippen LogP contribution in [0.3, 0.4) is 0 Å². The molecule has 31 heavy (non-hydrogen) atoms. The van der Waals surface area contributed by atoms with E-state index in [4.69, 9.17) is 11.6 Å². The van der Waals surface area contributed by atoms with Gasteiger partial charge in [-0.3, -0.25) is 4.79 Å². The number of amides is 1. The Hall–Kier alpha value is -2.88. The van der Waals surface area contributed by atoms with Crippen molar-refractivity contribution in [1.29, 1.82) is 0 Å². The van der Waals surface area contributed by atoms with E-state index in [0.717, 1.165) is 5.56 Å². The molecule has 1 aliphatic heterocycles. The van der Waals surface area contributed by atoms with Crippen LogP contribution >= 0.6 is 11.6 Å². The minimum absolute atomic E-state index is 0.117. The third-order valence-corrected chi connectivity index (χ3v) is 7.44. The number of aromatic nitrogens is 2. The van der Waals surface area contributed by atoms with Crippen molar-refractivity contribution in [3.05, 3.63) is 71.0 Å². The molecule has 2 aromatic carbocycles. The highest BCUT2D eigenvalue weighted by Gasteiger charge is 2.32. The maximum absolute atomic E-state index is 12.9. The zero-order chi connectivity index (χ0) is 22.2. The molecule has 0 atom stereocenters. The fourth-order valence-corrected chi connectivity index (χ4v) is 5.30. The molecule has 0 radical (unpaired) electrons. The maximum atomic E-state index is 12.9. The van der Waals surface area contributed by atoms with Crippen molar-refractivity contribution in [2.45, 2.75) is 11.8 Å². The lowest BCUT2D eigenvalue weighted by atomic mass is 10.2. The minimum atomic E-state index is -3.85. The van der Waals surface area contributed by atoms with Crippen LogP contribution in [0, 0.1) is 6.92 Å². The minimum Gasteiger partial charge on any atom is -0.507 e. The van der Waals surface area contributed by atoms with Crippen LogP contribution in [0.25, 0.3) is 5.69 Å². The summed E-state index contributed by atoms with van der Waals surface area (Å²) in [6.07, 6.45) is 3.08. The van der Waals surface area contributed by atoms with Gasteiger partial charge in [0.25, 0.3) is 5.91 Å². The van der Waals surface area contributed by atoms with Gasteiger partial charge in [0.1, 0.15) is 10.6 Å². The summed E-state index contributed by atoms with van der Waals surface area (Å²) in [5.74, 6) is -0.509. The number of piperazine rings is 1. The summed E-state index contributed by atoms with van der Waals surface area (Å²) < 4.78 is 28.7. The third-order valence-electron chi connectivity index (χ3n) is 5.19. The lowest BCUT2D eigenvalue weighted by Crippen LogP contribution is -2.50. The Kier molecular flexibility index (Phi) is 5.74. The van der Waals surface area contributed by atoms with Gasteiger partial charge in [-0.25, -0.2) is 13.1 Å². The lowest BCUT2D eigenvalue weighted by molar-refractivity contribution is 0.0697. The Morgan fingerprint density at radius 2 is 1.81 bits per heavy atom. The third kappa shape index (κ3) is 4.16. The molecule has 8 nitrogen and oxygen atoms in total. The molecule has 1 aromatic heterocycles. The van der Waals surface area contributed by atoms with E-state index < -0.39 is 10.0 Å². The van der Waals surface area contributed by atoms with Crippen molar-refractivity contribution < 1.29 is 18.3 Å². The highest BCUT2D eigenvalue weighted by molar-refractivity contribution is 7.89. The number of para-hydroxylation sites is 1. The van der Waals surface area contributed by atoms with Gasteiger partial charge < -0.3 is 10.0 Å². The van der Waals surface area contributed by atoms with E-state index in [1.165, 1.54) is 27.3 Å². The first-order valence-corrected chi connectivity index (χ1v) is 11.5. The average molecular weight is 461 g/mol. The second-order valence-electron chi connectivity index (χ2n) is 7.29. The summed E-state index contributed by atoms with van der Waals surface area (Å²) in [6.45, 7) is 2.52. The van der Waals surface area contributed by atoms with Gasteiger partial charge >= 0.3 is 0 Å². The number of hydrogen-bond acceptors (Lipinski definition) is 5.